The Balaban J connectivity index is 2.65. The molecule has 0 aliphatic heterocycles. The number of hydrogen-bond donors (Lipinski definition) is 1. The van der Waals surface area contributed by atoms with E-state index in [1.807, 2.05) is 13.0 Å². The first-order valence-electron chi connectivity index (χ1n) is 6.11. The van der Waals surface area contributed by atoms with Crippen LogP contribution >= 0.6 is 0 Å². The number of aryl methyl sites for hydroxylation is 1. The molecule has 104 valence electrons. The number of amides is 1. The normalized spacial score (nSPS) is 12.9. The zero-order valence-electron chi connectivity index (χ0n) is 11.6. The number of rotatable bonds is 5. The van der Waals surface area contributed by atoms with Crippen LogP contribution in [0.4, 0.5) is 0 Å². The highest BCUT2D eigenvalue weighted by molar-refractivity contribution is 5.86. The average Bonchev–Trinajstić information content (AvgIpc) is 2.74. The maximum Gasteiger partial charge on any atom is 0.332 e. The second-order valence-electron chi connectivity index (χ2n) is 4.16. The van der Waals surface area contributed by atoms with Crippen molar-refractivity contribution in [2.24, 2.45) is 0 Å². The molecule has 1 aromatic rings. The summed E-state index contributed by atoms with van der Waals surface area (Å²) >= 11 is 0. The van der Waals surface area contributed by atoms with Crippen LogP contribution in [-0.4, -0.2) is 28.3 Å². The van der Waals surface area contributed by atoms with Crippen molar-refractivity contribution in [3.8, 4) is 0 Å². The zero-order valence-corrected chi connectivity index (χ0v) is 11.6. The first-order chi connectivity index (χ1) is 8.95. The third-order valence-corrected chi connectivity index (χ3v) is 2.56. The molecule has 1 amide bonds. The van der Waals surface area contributed by atoms with E-state index in [0.717, 1.165) is 5.69 Å². The maximum atomic E-state index is 12.0. The van der Waals surface area contributed by atoms with E-state index in [4.69, 9.17) is 4.74 Å². The molecule has 1 aromatic heterocycles. The summed E-state index contributed by atoms with van der Waals surface area (Å²) in [4.78, 5) is 23.2. The van der Waals surface area contributed by atoms with Crippen molar-refractivity contribution in [3.05, 3.63) is 29.7 Å². The van der Waals surface area contributed by atoms with Gasteiger partial charge in [0.2, 0.25) is 5.91 Å². The summed E-state index contributed by atoms with van der Waals surface area (Å²) in [5.41, 5.74) is 1.34. The minimum atomic E-state index is -0.469. The molecule has 6 heteroatoms. The van der Waals surface area contributed by atoms with Gasteiger partial charge in [-0.3, -0.25) is 9.48 Å². The van der Waals surface area contributed by atoms with Gasteiger partial charge in [-0.25, -0.2) is 4.79 Å². The fraction of sp³-hybridized carbons (Fsp3) is 0.462. The Morgan fingerprint density at radius 1 is 1.58 bits per heavy atom. The molecule has 0 spiro atoms. The van der Waals surface area contributed by atoms with E-state index in [0.29, 0.717) is 12.3 Å². The predicted molar refractivity (Wildman–Crippen MR) is 70.2 cm³/mol. The average molecular weight is 265 g/mol. The fourth-order valence-corrected chi connectivity index (χ4v) is 1.59. The van der Waals surface area contributed by atoms with Crippen LogP contribution in [0.1, 0.15) is 32.5 Å². The number of esters is 1. The van der Waals surface area contributed by atoms with E-state index < -0.39 is 12.0 Å². The molecule has 0 saturated carbocycles. The monoisotopic (exact) mass is 265 g/mol. The van der Waals surface area contributed by atoms with Gasteiger partial charge in [0.05, 0.1) is 6.61 Å². The summed E-state index contributed by atoms with van der Waals surface area (Å²) in [5, 5.41) is 6.72. The molecule has 1 heterocycles. The number of carbonyl (C=O) groups excluding carboxylic acids is 2. The lowest BCUT2D eigenvalue weighted by molar-refractivity contribution is -0.137. The lowest BCUT2D eigenvalue weighted by Gasteiger charge is -2.14. The Bertz CT molecular complexity index is 491. The van der Waals surface area contributed by atoms with Gasteiger partial charge < -0.3 is 10.1 Å². The molecule has 0 aliphatic carbocycles. The molecule has 0 radical (unpaired) electrons. The molecule has 0 aromatic carbocycles. The Hall–Kier alpha value is -2.11. The maximum absolute atomic E-state index is 12.0. The molecule has 0 saturated heterocycles. The van der Waals surface area contributed by atoms with Crippen molar-refractivity contribution in [1.82, 2.24) is 15.1 Å². The van der Waals surface area contributed by atoms with Gasteiger partial charge >= 0.3 is 5.97 Å². The third kappa shape index (κ3) is 4.24. The molecule has 19 heavy (non-hydrogen) atoms. The van der Waals surface area contributed by atoms with Gasteiger partial charge in [-0.2, -0.15) is 5.10 Å². The molecule has 1 unspecified atom stereocenters. The Labute approximate surface area is 112 Å². The van der Waals surface area contributed by atoms with Gasteiger partial charge in [-0.15, -0.1) is 0 Å². The fourth-order valence-electron chi connectivity index (χ4n) is 1.59. The van der Waals surface area contributed by atoms with Crippen LogP contribution in [0.25, 0.3) is 0 Å². The minimum Gasteiger partial charge on any atom is -0.463 e. The first-order valence-corrected chi connectivity index (χ1v) is 6.11. The summed E-state index contributed by atoms with van der Waals surface area (Å²) in [6.45, 7) is 7.28. The molecular formula is C13H19N3O3. The molecule has 0 bridgehead atoms. The quantitative estimate of drug-likeness (QED) is 0.644. The summed E-state index contributed by atoms with van der Waals surface area (Å²) in [7, 11) is 0. The van der Waals surface area contributed by atoms with Crippen molar-refractivity contribution < 1.29 is 14.3 Å². The third-order valence-electron chi connectivity index (χ3n) is 2.56. The van der Waals surface area contributed by atoms with Gasteiger partial charge in [0.25, 0.3) is 0 Å². The topological polar surface area (TPSA) is 73.2 Å². The van der Waals surface area contributed by atoms with Crippen LogP contribution in [0.3, 0.4) is 0 Å². The number of allylic oxidation sites excluding steroid dienone is 1. The van der Waals surface area contributed by atoms with Crippen molar-refractivity contribution in [1.29, 1.82) is 0 Å². The smallest absolute Gasteiger partial charge is 0.332 e. The summed E-state index contributed by atoms with van der Waals surface area (Å²) < 4.78 is 6.38. The summed E-state index contributed by atoms with van der Waals surface area (Å²) in [5.74, 6) is -0.701. The van der Waals surface area contributed by atoms with Gasteiger partial charge in [-0.1, -0.05) is 0 Å². The van der Waals surface area contributed by atoms with Crippen LogP contribution in [0.2, 0.25) is 0 Å². The highest BCUT2D eigenvalue weighted by Crippen LogP contribution is 2.08. The van der Waals surface area contributed by atoms with Crippen molar-refractivity contribution >= 4 is 11.9 Å². The number of hydrogen-bond acceptors (Lipinski definition) is 4. The number of ether oxygens (including phenoxy) is 1. The second kappa shape index (κ2) is 6.72. The summed E-state index contributed by atoms with van der Waals surface area (Å²) in [6, 6.07) is 1.38. The Kier molecular flexibility index (Phi) is 5.29. The number of nitrogens with one attached hydrogen (secondary N) is 1. The lowest BCUT2D eigenvalue weighted by Crippen LogP contribution is -2.31. The standard InChI is InChI=1S/C13H19N3O3/c1-5-19-12(17)8-9(2)15-13(18)11(4)16-10(3)6-7-14-16/h6-8,11H,5H2,1-4H3,(H,15,18)/b9-8+. The van der Waals surface area contributed by atoms with E-state index in [1.54, 1.807) is 31.6 Å². The van der Waals surface area contributed by atoms with Crippen LogP contribution in [0, 0.1) is 6.92 Å². The van der Waals surface area contributed by atoms with E-state index in [2.05, 4.69) is 10.4 Å². The van der Waals surface area contributed by atoms with Crippen LogP contribution < -0.4 is 5.32 Å². The van der Waals surface area contributed by atoms with Gasteiger partial charge in [-0.05, 0) is 33.8 Å². The summed E-state index contributed by atoms with van der Waals surface area (Å²) in [6.07, 6.45) is 2.89. The SMILES string of the molecule is CCOC(=O)/C=C(\C)NC(=O)C(C)n1nccc1C. The lowest BCUT2D eigenvalue weighted by atomic mass is 10.3. The highest BCUT2D eigenvalue weighted by atomic mass is 16.5. The van der Waals surface area contributed by atoms with Crippen molar-refractivity contribution in [3.63, 3.8) is 0 Å². The van der Waals surface area contributed by atoms with Crippen LogP contribution in [-0.2, 0) is 14.3 Å². The van der Waals surface area contributed by atoms with Gasteiger partial charge in [0.1, 0.15) is 6.04 Å². The van der Waals surface area contributed by atoms with Crippen LogP contribution in [0.15, 0.2) is 24.0 Å². The van der Waals surface area contributed by atoms with E-state index in [9.17, 15) is 9.59 Å². The molecule has 0 fully saturated rings. The number of aromatic nitrogens is 2. The molecule has 1 rings (SSSR count). The second-order valence-corrected chi connectivity index (χ2v) is 4.16. The largest absolute Gasteiger partial charge is 0.463 e. The number of nitrogens with zero attached hydrogens (tertiary/aromatic N) is 2. The Morgan fingerprint density at radius 2 is 2.26 bits per heavy atom. The predicted octanol–water partition coefficient (Wildman–Crippen LogP) is 1.34. The van der Waals surface area contributed by atoms with Crippen molar-refractivity contribution in [2.45, 2.75) is 33.7 Å². The molecule has 6 nitrogen and oxygen atoms in total. The van der Waals surface area contributed by atoms with E-state index in [-0.39, 0.29) is 5.91 Å². The molecule has 1 N–H and O–H groups in total. The number of carbonyl (C=O) groups is 2. The first kappa shape index (κ1) is 14.9. The zero-order chi connectivity index (χ0) is 14.4. The van der Waals surface area contributed by atoms with E-state index in [1.165, 1.54) is 6.08 Å². The Morgan fingerprint density at radius 3 is 2.79 bits per heavy atom. The molecule has 0 aliphatic rings. The van der Waals surface area contributed by atoms with E-state index >= 15 is 0 Å². The van der Waals surface area contributed by atoms with Gasteiger partial charge in [0, 0.05) is 23.7 Å². The van der Waals surface area contributed by atoms with Crippen molar-refractivity contribution in [2.75, 3.05) is 6.61 Å². The minimum absolute atomic E-state index is 0.232. The molecule has 1 atom stereocenters. The van der Waals surface area contributed by atoms with Crippen LogP contribution in [0.5, 0.6) is 0 Å². The van der Waals surface area contributed by atoms with Gasteiger partial charge in [0.15, 0.2) is 0 Å². The highest BCUT2D eigenvalue weighted by Gasteiger charge is 2.17. The molecular weight excluding hydrogens is 246 g/mol.